The lowest BCUT2D eigenvalue weighted by Crippen LogP contribution is -2.44. The first-order valence-corrected chi connectivity index (χ1v) is 9.54. The second kappa shape index (κ2) is 13.6. The number of nitrogens with zero attached hydrogens (tertiary/aromatic N) is 1. The summed E-state index contributed by atoms with van der Waals surface area (Å²) < 4.78 is 0. The lowest BCUT2D eigenvalue weighted by atomic mass is 10.1. The third kappa shape index (κ3) is 10.9. The Bertz CT molecular complexity index is 562. The maximum Gasteiger partial charge on any atom is 0.326 e. The monoisotopic (exact) mass is 381 g/mol. The number of H-pyrrole nitrogens is 1. The van der Waals surface area contributed by atoms with Crippen molar-refractivity contribution in [1.29, 1.82) is 0 Å². The molecule has 0 aliphatic carbocycles. The minimum Gasteiger partial charge on any atom is -0.480 e. The number of carboxylic acid groups (broad SMARTS) is 1. The first-order chi connectivity index (χ1) is 13.0. The Balaban J connectivity index is 2.12. The Hall–Kier alpha value is -2.58. The highest BCUT2D eigenvalue weighted by Crippen LogP contribution is 2.04. The van der Waals surface area contributed by atoms with Gasteiger partial charge in [-0.1, -0.05) is 39.0 Å². The lowest BCUT2D eigenvalue weighted by molar-refractivity contribution is -0.141. The number of nitrogens with one attached hydrogen (secondary N) is 4. The SMILES string of the molecule is CCCCCCCCNC(=O)NCCC(=O)NC(Cc1cnc[nH]1)C(=O)O. The number of carboxylic acids is 1. The van der Waals surface area contributed by atoms with Gasteiger partial charge >= 0.3 is 12.0 Å². The number of aromatic amines is 1. The number of hydrogen-bond acceptors (Lipinski definition) is 4. The van der Waals surface area contributed by atoms with Crippen LogP contribution in [0.3, 0.4) is 0 Å². The van der Waals surface area contributed by atoms with Gasteiger partial charge in [-0.05, 0) is 6.42 Å². The second-order valence-corrected chi connectivity index (χ2v) is 6.44. The molecular weight excluding hydrogens is 350 g/mol. The van der Waals surface area contributed by atoms with E-state index in [1.54, 1.807) is 0 Å². The smallest absolute Gasteiger partial charge is 0.326 e. The quantitative estimate of drug-likeness (QED) is 0.312. The standard InChI is InChI=1S/C18H31N5O4/c1-2-3-4-5-6-7-9-20-18(27)21-10-8-16(24)23-15(17(25)26)11-14-12-19-13-22-14/h12-13,15H,2-11H2,1H3,(H,19,22)(H,23,24)(H,25,26)(H2,20,21,27). The number of rotatable bonds is 14. The number of aliphatic carboxylic acids is 1. The Labute approximate surface area is 159 Å². The Morgan fingerprint density at radius 2 is 1.81 bits per heavy atom. The number of carbonyl (C=O) groups excluding carboxylic acids is 2. The zero-order valence-corrected chi connectivity index (χ0v) is 15.9. The third-order valence-electron chi connectivity index (χ3n) is 4.07. The summed E-state index contributed by atoms with van der Waals surface area (Å²) in [6, 6.07) is -1.36. The minimum absolute atomic E-state index is 0.0111. The van der Waals surface area contributed by atoms with Crippen LogP contribution in [0.15, 0.2) is 12.5 Å². The minimum atomic E-state index is -1.12. The van der Waals surface area contributed by atoms with E-state index < -0.39 is 17.9 Å². The van der Waals surface area contributed by atoms with E-state index in [4.69, 9.17) is 0 Å². The van der Waals surface area contributed by atoms with Gasteiger partial charge < -0.3 is 26.0 Å². The van der Waals surface area contributed by atoms with Crippen LogP contribution in [-0.2, 0) is 16.0 Å². The summed E-state index contributed by atoms with van der Waals surface area (Å²) in [5.74, 6) is -1.55. The molecule has 0 saturated carbocycles. The molecule has 1 atom stereocenters. The molecule has 0 fully saturated rings. The first-order valence-electron chi connectivity index (χ1n) is 9.54. The molecule has 152 valence electrons. The Morgan fingerprint density at radius 1 is 1.11 bits per heavy atom. The predicted molar refractivity (Wildman–Crippen MR) is 101 cm³/mol. The van der Waals surface area contributed by atoms with Crippen LogP contribution in [0, 0.1) is 0 Å². The van der Waals surface area contributed by atoms with Gasteiger partial charge in [0.15, 0.2) is 0 Å². The van der Waals surface area contributed by atoms with Gasteiger partial charge in [-0.15, -0.1) is 0 Å². The van der Waals surface area contributed by atoms with E-state index in [9.17, 15) is 19.5 Å². The second-order valence-electron chi connectivity index (χ2n) is 6.44. The lowest BCUT2D eigenvalue weighted by Gasteiger charge is -2.14. The van der Waals surface area contributed by atoms with E-state index in [2.05, 4.69) is 32.8 Å². The fourth-order valence-corrected chi connectivity index (χ4v) is 2.54. The topological polar surface area (TPSA) is 136 Å². The number of hydrogen-bond donors (Lipinski definition) is 5. The van der Waals surface area contributed by atoms with E-state index in [-0.39, 0.29) is 25.4 Å². The van der Waals surface area contributed by atoms with Gasteiger partial charge in [0, 0.05) is 37.8 Å². The summed E-state index contributed by atoms with van der Waals surface area (Å²) in [5.41, 5.74) is 0.620. The van der Waals surface area contributed by atoms with Crippen molar-refractivity contribution in [2.75, 3.05) is 13.1 Å². The van der Waals surface area contributed by atoms with Crippen LogP contribution in [0.2, 0.25) is 0 Å². The van der Waals surface area contributed by atoms with Gasteiger partial charge in [0.2, 0.25) is 5.91 Å². The van der Waals surface area contributed by atoms with Crippen molar-refractivity contribution >= 4 is 17.9 Å². The molecule has 0 aliphatic heterocycles. The molecule has 1 unspecified atom stereocenters. The molecule has 3 amide bonds. The summed E-state index contributed by atoms with van der Waals surface area (Å²) >= 11 is 0. The van der Waals surface area contributed by atoms with E-state index in [1.807, 2.05) is 0 Å². The Morgan fingerprint density at radius 3 is 2.48 bits per heavy atom. The van der Waals surface area contributed by atoms with Crippen molar-refractivity contribution in [3.63, 3.8) is 0 Å². The number of carbonyl (C=O) groups is 3. The van der Waals surface area contributed by atoms with Crippen molar-refractivity contribution < 1.29 is 19.5 Å². The van der Waals surface area contributed by atoms with Crippen molar-refractivity contribution in [1.82, 2.24) is 25.9 Å². The number of unbranched alkanes of at least 4 members (excludes halogenated alkanes) is 5. The van der Waals surface area contributed by atoms with Gasteiger partial charge in [0.05, 0.1) is 6.33 Å². The molecule has 1 rings (SSSR count). The zero-order chi connectivity index (χ0) is 19.9. The highest BCUT2D eigenvalue weighted by Gasteiger charge is 2.20. The highest BCUT2D eigenvalue weighted by atomic mass is 16.4. The molecule has 5 N–H and O–H groups in total. The highest BCUT2D eigenvalue weighted by molar-refractivity contribution is 5.84. The summed E-state index contributed by atoms with van der Waals surface area (Å²) in [4.78, 5) is 41.4. The van der Waals surface area contributed by atoms with Gasteiger partial charge in [0.1, 0.15) is 6.04 Å². The number of urea groups is 1. The summed E-state index contributed by atoms with van der Waals surface area (Å²) in [6.07, 6.45) is 9.99. The number of aromatic nitrogens is 2. The van der Waals surface area contributed by atoms with Crippen LogP contribution in [0.1, 0.15) is 57.6 Å². The van der Waals surface area contributed by atoms with Crippen LogP contribution in [0.25, 0.3) is 0 Å². The van der Waals surface area contributed by atoms with Crippen molar-refractivity contribution in [2.45, 2.75) is 64.3 Å². The molecule has 1 aromatic rings. The van der Waals surface area contributed by atoms with E-state index in [1.165, 1.54) is 38.2 Å². The molecule has 0 aliphatic rings. The maximum atomic E-state index is 11.9. The number of amides is 3. The fourth-order valence-electron chi connectivity index (χ4n) is 2.54. The molecule has 9 heteroatoms. The predicted octanol–water partition coefficient (Wildman–Crippen LogP) is 1.57. The van der Waals surface area contributed by atoms with E-state index in [0.29, 0.717) is 12.2 Å². The van der Waals surface area contributed by atoms with Gasteiger partial charge in [-0.25, -0.2) is 14.6 Å². The summed E-state index contributed by atoms with van der Waals surface area (Å²) in [5, 5.41) is 17.0. The van der Waals surface area contributed by atoms with Gasteiger partial charge in [0.25, 0.3) is 0 Å². The normalized spacial score (nSPS) is 11.6. The molecule has 9 nitrogen and oxygen atoms in total. The zero-order valence-electron chi connectivity index (χ0n) is 15.9. The van der Waals surface area contributed by atoms with Crippen molar-refractivity contribution in [3.05, 3.63) is 18.2 Å². The average Bonchev–Trinajstić information content (AvgIpc) is 3.13. The average molecular weight is 381 g/mol. The molecule has 0 aromatic carbocycles. The molecular formula is C18H31N5O4. The van der Waals surface area contributed by atoms with Crippen LogP contribution in [0.4, 0.5) is 4.79 Å². The largest absolute Gasteiger partial charge is 0.480 e. The number of imidazole rings is 1. The third-order valence-corrected chi connectivity index (χ3v) is 4.07. The molecule has 0 saturated heterocycles. The first kappa shape index (κ1) is 22.5. The molecule has 1 heterocycles. The molecule has 0 bridgehead atoms. The Kier molecular flexibility index (Phi) is 11.3. The molecule has 27 heavy (non-hydrogen) atoms. The maximum absolute atomic E-state index is 11.9. The van der Waals surface area contributed by atoms with Crippen LogP contribution < -0.4 is 16.0 Å². The van der Waals surface area contributed by atoms with Crippen LogP contribution in [-0.4, -0.2) is 52.1 Å². The van der Waals surface area contributed by atoms with Crippen LogP contribution >= 0.6 is 0 Å². The van der Waals surface area contributed by atoms with E-state index >= 15 is 0 Å². The van der Waals surface area contributed by atoms with E-state index in [0.717, 1.165) is 12.8 Å². The fraction of sp³-hybridized carbons (Fsp3) is 0.667. The summed E-state index contributed by atoms with van der Waals surface area (Å²) in [7, 11) is 0. The van der Waals surface area contributed by atoms with Crippen molar-refractivity contribution in [2.24, 2.45) is 0 Å². The molecule has 0 radical (unpaired) electrons. The molecule has 0 spiro atoms. The van der Waals surface area contributed by atoms with Crippen LogP contribution in [0.5, 0.6) is 0 Å². The summed E-state index contributed by atoms with van der Waals surface area (Å²) in [6.45, 7) is 2.92. The molecule has 1 aromatic heterocycles. The van der Waals surface area contributed by atoms with Gasteiger partial charge in [-0.3, -0.25) is 4.79 Å². The van der Waals surface area contributed by atoms with Crippen molar-refractivity contribution in [3.8, 4) is 0 Å². The van der Waals surface area contributed by atoms with Gasteiger partial charge in [-0.2, -0.15) is 0 Å².